The van der Waals surface area contributed by atoms with Gasteiger partial charge in [0, 0.05) is 13.2 Å². The topological polar surface area (TPSA) is 55.9 Å². The largest absolute Gasteiger partial charge is 0.275 e. The first-order chi connectivity index (χ1) is 8.26. The molecular formula is C13H24N4. The molecule has 96 valence electrons. The standard InChI is InChI=1S/C13H24N4/c1-3-10-6-4-5-7-11(10)13(15-14)12-8-9-17(2)16-12/h8-11,13,15H,3-7,14H2,1-2H3. The first-order valence-electron chi connectivity index (χ1n) is 6.72. The molecule has 1 aliphatic rings. The quantitative estimate of drug-likeness (QED) is 0.622. The van der Waals surface area contributed by atoms with E-state index >= 15 is 0 Å². The number of nitrogens with two attached hydrogens (primary N) is 1. The van der Waals surface area contributed by atoms with Gasteiger partial charge in [-0.2, -0.15) is 5.10 Å². The molecule has 0 bridgehead atoms. The number of nitrogens with zero attached hydrogens (tertiary/aromatic N) is 2. The molecule has 1 aromatic rings. The average Bonchev–Trinajstić information content (AvgIpc) is 2.77. The van der Waals surface area contributed by atoms with Crippen LogP contribution >= 0.6 is 0 Å². The maximum Gasteiger partial charge on any atom is 0.0810 e. The minimum absolute atomic E-state index is 0.210. The van der Waals surface area contributed by atoms with Crippen molar-refractivity contribution in [3.8, 4) is 0 Å². The maximum atomic E-state index is 5.76. The average molecular weight is 236 g/mol. The Morgan fingerprint density at radius 1 is 1.53 bits per heavy atom. The Kier molecular flexibility index (Phi) is 4.18. The summed E-state index contributed by atoms with van der Waals surface area (Å²) >= 11 is 0. The van der Waals surface area contributed by atoms with E-state index in [1.807, 2.05) is 17.9 Å². The summed E-state index contributed by atoms with van der Waals surface area (Å²) in [5, 5.41) is 4.50. The van der Waals surface area contributed by atoms with Gasteiger partial charge in [-0.25, -0.2) is 0 Å². The Balaban J connectivity index is 2.16. The van der Waals surface area contributed by atoms with Gasteiger partial charge in [-0.3, -0.25) is 16.0 Å². The van der Waals surface area contributed by atoms with Crippen molar-refractivity contribution < 1.29 is 0 Å². The molecule has 1 heterocycles. The fourth-order valence-electron chi connectivity index (χ4n) is 3.21. The van der Waals surface area contributed by atoms with E-state index in [0.29, 0.717) is 5.92 Å². The highest BCUT2D eigenvalue weighted by atomic mass is 15.3. The molecular weight excluding hydrogens is 212 g/mol. The molecule has 3 N–H and O–H groups in total. The summed E-state index contributed by atoms with van der Waals surface area (Å²) < 4.78 is 1.85. The van der Waals surface area contributed by atoms with Crippen LogP contribution in [0.25, 0.3) is 0 Å². The molecule has 0 aliphatic heterocycles. The van der Waals surface area contributed by atoms with Gasteiger partial charge in [0.2, 0.25) is 0 Å². The number of nitrogens with one attached hydrogen (secondary N) is 1. The van der Waals surface area contributed by atoms with E-state index in [-0.39, 0.29) is 6.04 Å². The monoisotopic (exact) mass is 236 g/mol. The van der Waals surface area contributed by atoms with Crippen molar-refractivity contribution in [3.05, 3.63) is 18.0 Å². The molecule has 0 saturated heterocycles. The molecule has 4 heteroatoms. The predicted molar refractivity (Wildman–Crippen MR) is 69.0 cm³/mol. The number of hydrogen-bond acceptors (Lipinski definition) is 3. The maximum absolute atomic E-state index is 5.76. The zero-order chi connectivity index (χ0) is 12.3. The third-order valence-corrected chi connectivity index (χ3v) is 4.15. The molecule has 3 atom stereocenters. The van der Waals surface area contributed by atoms with Crippen molar-refractivity contribution >= 4 is 0 Å². The van der Waals surface area contributed by atoms with Gasteiger partial charge in [0.1, 0.15) is 0 Å². The Morgan fingerprint density at radius 2 is 2.29 bits per heavy atom. The van der Waals surface area contributed by atoms with Gasteiger partial charge in [0.15, 0.2) is 0 Å². The number of aryl methyl sites for hydroxylation is 1. The Morgan fingerprint density at radius 3 is 2.88 bits per heavy atom. The van der Waals surface area contributed by atoms with E-state index < -0.39 is 0 Å². The van der Waals surface area contributed by atoms with Crippen molar-refractivity contribution in [2.45, 2.75) is 45.1 Å². The summed E-state index contributed by atoms with van der Waals surface area (Å²) in [6.45, 7) is 2.29. The van der Waals surface area contributed by atoms with Crippen LogP contribution in [0.2, 0.25) is 0 Å². The predicted octanol–water partition coefficient (Wildman–Crippen LogP) is 2.14. The fourth-order valence-corrected chi connectivity index (χ4v) is 3.21. The molecule has 4 nitrogen and oxygen atoms in total. The molecule has 17 heavy (non-hydrogen) atoms. The highest BCUT2D eigenvalue weighted by Gasteiger charge is 2.32. The molecule has 3 unspecified atom stereocenters. The summed E-state index contributed by atoms with van der Waals surface area (Å²) in [6, 6.07) is 2.28. The van der Waals surface area contributed by atoms with Crippen LogP contribution in [-0.2, 0) is 7.05 Å². The molecule has 1 aliphatic carbocycles. The molecule has 2 rings (SSSR count). The fraction of sp³-hybridized carbons (Fsp3) is 0.769. The van der Waals surface area contributed by atoms with Crippen LogP contribution in [0.1, 0.15) is 50.8 Å². The number of rotatable bonds is 4. The Hall–Kier alpha value is -0.870. The van der Waals surface area contributed by atoms with E-state index in [0.717, 1.165) is 11.6 Å². The van der Waals surface area contributed by atoms with E-state index in [9.17, 15) is 0 Å². The van der Waals surface area contributed by atoms with Crippen LogP contribution in [0.15, 0.2) is 12.3 Å². The first-order valence-corrected chi connectivity index (χ1v) is 6.72. The number of hydrogen-bond donors (Lipinski definition) is 2. The van der Waals surface area contributed by atoms with E-state index in [2.05, 4.69) is 23.5 Å². The van der Waals surface area contributed by atoms with Gasteiger partial charge in [0.05, 0.1) is 11.7 Å². The van der Waals surface area contributed by atoms with Crippen molar-refractivity contribution in [3.63, 3.8) is 0 Å². The van der Waals surface area contributed by atoms with E-state index in [4.69, 9.17) is 5.84 Å². The molecule has 0 aromatic carbocycles. The summed E-state index contributed by atoms with van der Waals surface area (Å²) in [6.07, 6.45) is 8.54. The lowest BCUT2D eigenvalue weighted by molar-refractivity contribution is 0.173. The van der Waals surface area contributed by atoms with Crippen LogP contribution in [0, 0.1) is 11.8 Å². The highest BCUT2D eigenvalue weighted by Crippen LogP contribution is 2.39. The Bertz CT molecular complexity index is 347. The van der Waals surface area contributed by atoms with Gasteiger partial charge in [0.25, 0.3) is 0 Å². The number of aromatic nitrogens is 2. The normalized spacial score (nSPS) is 27.0. The lowest BCUT2D eigenvalue weighted by Gasteiger charge is -2.35. The second kappa shape index (κ2) is 5.65. The second-order valence-corrected chi connectivity index (χ2v) is 5.18. The summed E-state index contributed by atoms with van der Waals surface area (Å²) in [4.78, 5) is 0. The number of hydrazine groups is 1. The van der Waals surface area contributed by atoms with Gasteiger partial charge in [-0.15, -0.1) is 0 Å². The van der Waals surface area contributed by atoms with Crippen LogP contribution in [-0.4, -0.2) is 9.78 Å². The SMILES string of the molecule is CCC1CCCCC1C(NN)c1ccn(C)n1. The second-order valence-electron chi connectivity index (χ2n) is 5.18. The van der Waals surface area contributed by atoms with Crippen LogP contribution < -0.4 is 11.3 Å². The summed E-state index contributed by atoms with van der Waals surface area (Å²) in [5.74, 6) is 7.18. The Labute approximate surface area is 104 Å². The van der Waals surface area contributed by atoms with Gasteiger partial charge in [-0.1, -0.05) is 32.6 Å². The summed E-state index contributed by atoms with van der Waals surface area (Å²) in [7, 11) is 1.95. The van der Waals surface area contributed by atoms with Gasteiger partial charge < -0.3 is 0 Å². The van der Waals surface area contributed by atoms with Gasteiger partial charge >= 0.3 is 0 Å². The van der Waals surface area contributed by atoms with Crippen LogP contribution in [0.5, 0.6) is 0 Å². The molecule has 0 spiro atoms. The zero-order valence-electron chi connectivity index (χ0n) is 10.9. The lowest BCUT2D eigenvalue weighted by Crippen LogP contribution is -2.38. The third-order valence-electron chi connectivity index (χ3n) is 4.15. The van der Waals surface area contributed by atoms with Crippen LogP contribution in [0.4, 0.5) is 0 Å². The minimum Gasteiger partial charge on any atom is -0.275 e. The first kappa shape index (κ1) is 12.6. The van der Waals surface area contributed by atoms with Crippen LogP contribution in [0.3, 0.4) is 0 Å². The van der Waals surface area contributed by atoms with Crippen molar-refractivity contribution in [2.75, 3.05) is 0 Å². The van der Waals surface area contributed by atoms with Crippen molar-refractivity contribution in [1.82, 2.24) is 15.2 Å². The van der Waals surface area contributed by atoms with Crippen molar-refractivity contribution in [2.24, 2.45) is 24.7 Å². The zero-order valence-corrected chi connectivity index (χ0v) is 10.9. The molecule has 1 saturated carbocycles. The molecule has 0 radical (unpaired) electrons. The molecule has 0 amide bonds. The molecule has 1 fully saturated rings. The smallest absolute Gasteiger partial charge is 0.0810 e. The van der Waals surface area contributed by atoms with Crippen molar-refractivity contribution in [1.29, 1.82) is 0 Å². The van der Waals surface area contributed by atoms with E-state index in [1.165, 1.54) is 32.1 Å². The highest BCUT2D eigenvalue weighted by molar-refractivity contribution is 5.07. The minimum atomic E-state index is 0.210. The third kappa shape index (κ3) is 2.69. The lowest BCUT2D eigenvalue weighted by atomic mass is 9.73. The van der Waals surface area contributed by atoms with Gasteiger partial charge in [-0.05, 0) is 24.3 Å². The van der Waals surface area contributed by atoms with E-state index in [1.54, 1.807) is 0 Å². The summed E-state index contributed by atoms with van der Waals surface area (Å²) in [5.41, 5.74) is 4.07. The molecule has 1 aromatic heterocycles.